The van der Waals surface area contributed by atoms with Crippen LogP contribution in [0, 0.1) is 0 Å². The molecule has 0 radical (unpaired) electrons. The van der Waals surface area contributed by atoms with Gasteiger partial charge in [0.15, 0.2) is 10.9 Å². The van der Waals surface area contributed by atoms with E-state index in [1.165, 1.54) is 19.3 Å². The average Bonchev–Trinajstić information content (AvgIpc) is 3.39. The maximum atomic E-state index is 12.1. The minimum atomic E-state index is -0.121. The smallest absolute Gasteiger partial charge is 0.287 e. The SMILES string of the molecule is CCc1cc(N2CCCC[C@@H]2C)nc(SCc2ccc(C(=O)NC3CC3)o2)n1. The Morgan fingerprint density at radius 1 is 1.29 bits per heavy atom. The number of hydrogen-bond donors (Lipinski definition) is 1. The number of nitrogens with one attached hydrogen (secondary N) is 1. The third kappa shape index (κ3) is 4.69. The molecule has 1 aliphatic carbocycles. The van der Waals surface area contributed by atoms with E-state index in [4.69, 9.17) is 9.40 Å². The quantitative estimate of drug-likeness (QED) is 0.555. The highest BCUT2D eigenvalue weighted by atomic mass is 32.2. The second kappa shape index (κ2) is 8.55. The normalized spacial score (nSPS) is 19.6. The fraction of sp³-hybridized carbons (Fsp3) is 0.571. The zero-order valence-corrected chi connectivity index (χ0v) is 17.4. The molecule has 150 valence electrons. The van der Waals surface area contributed by atoms with Gasteiger partial charge in [0.25, 0.3) is 5.91 Å². The largest absolute Gasteiger partial charge is 0.455 e. The minimum absolute atomic E-state index is 0.121. The van der Waals surface area contributed by atoms with E-state index in [-0.39, 0.29) is 5.91 Å². The number of carbonyl (C=O) groups excluding carboxylic acids is 1. The molecule has 2 aromatic rings. The van der Waals surface area contributed by atoms with Gasteiger partial charge in [0.05, 0.1) is 5.75 Å². The Morgan fingerprint density at radius 2 is 2.14 bits per heavy atom. The highest BCUT2D eigenvalue weighted by molar-refractivity contribution is 7.98. The molecule has 3 heterocycles. The van der Waals surface area contributed by atoms with Gasteiger partial charge in [-0.05, 0) is 57.6 Å². The lowest BCUT2D eigenvalue weighted by Crippen LogP contribution is -2.38. The molecule has 1 saturated heterocycles. The first kappa shape index (κ1) is 19.3. The van der Waals surface area contributed by atoms with Crippen LogP contribution in [0.15, 0.2) is 27.8 Å². The number of aromatic nitrogens is 2. The molecule has 1 saturated carbocycles. The van der Waals surface area contributed by atoms with Crippen molar-refractivity contribution in [1.82, 2.24) is 15.3 Å². The van der Waals surface area contributed by atoms with Gasteiger partial charge in [0, 0.05) is 30.4 Å². The van der Waals surface area contributed by atoms with Crippen LogP contribution in [0.5, 0.6) is 0 Å². The van der Waals surface area contributed by atoms with E-state index in [9.17, 15) is 4.79 Å². The van der Waals surface area contributed by atoms with Crippen molar-refractivity contribution in [2.75, 3.05) is 11.4 Å². The van der Waals surface area contributed by atoms with Gasteiger partial charge >= 0.3 is 0 Å². The molecule has 6 nitrogen and oxygen atoms in total. The van der Waals surface area contributed by atoms with Crippen molar-refractivity contribution in [3.05, 3.63) is 35.4 Å². The summed E-state index contributed by atoms with van der Waals surface area (Å²) >= 11 is 1.56. The van der Waals surface area contributed by atoms with E-state index < -0.39 is 0 Å². The monoisotopic (exact) mass is 400 g/mol. The van der Waals surface area contributed by atoms with Crippen molar-refractivity contribution >= 4 is 23.5 Å². The predicted octanol–water partition coefficient (Wildman–Crippen LogP) is 4.20. The van der Waals surface area contributed by atoms with Crippen LogP contribution in [-0.4, -0.2) is 34.5 Å². The third-order valence-corrected chi connectivity index (χ3v) is 6.22. The fourth-order valence-corrected chi connectivity index (χ4v) is 4.25. The zero-order valence-electron chi connectivity index (χ0n) is 16.6. The van der Waals surface area contributed by atoms with Gasteiger partial charge in [-0.15, -0.1) is 0 Å². The van der Waals surface area contributed by atoms with E-state index in [0.717, 1.165) is 48.2 Å². The van der Waals surface area contributed by atoms with Gasteiger partial charge in [-0.25, -0.2) is 9.97 Å². The molecule has 1 N–H and O–H groups in total. The first-order valence-electron chi connectivity index (χ1n) is 10.3. The van der Waals surface area contributed by atoms with Crippen molar-refractivity contribution in [2.45, 2.75) is 75.4 Å². The van der Waals surface area contributed by atoms with E-state index in [0.29, 0.717) is 23.6 Å². The molecule has 4 rings (SSSR count). The number of rotatable bonds is 7. The molecular weight excluding hydrogens is 372 g/mol. The van der Waals surface area contributed by atoms with Crippen LogP contribution in [0.1, 0.15) is 68.0 Å². The lowest BCUT2D eigenvalue weighted by atomic mass is 10.0. The number of hydrogen-bond acceptors (Lipinski definition) is 6. The summed E-state index contributed by atoms with van der Waals surface area (Å²) in [6.07, 6.45) is 6.75. The molecule has 7 heteroatoms. The third-order valence-electron chi connectivity index (χ3n) is 5.35. The van der Waals surface area contributed by atoms with Crippen LogP contribution in [0.25, 0.3) is 0 Å². The van der Waals surface area contributed by atoms with Crippen LogP contribution in [0.2, 0.25) is 0 Å². The molecule has 2 aromatic heterocycles. The van der Waals surface area contributed by atoms with Crippen LogP contribution in [0.4, 0.5) is 5.82 Å². The molecule has 1 amide bonds. The van der Waals surface area contributed by atoms with Gasteiger partial charge in [0.2, 0.25) is 0 Å². The summed E-state index contributed by atoms with van der Waals surface area (Å²) in [6.45, 7) is 5.46. The topological polar surface area (TPSA) is 71.3 Å². The van der Waals surface area contributed by atoms with Crippen molar-refractivity contribution in [1.29, 1.82) is 0 Å². The van der Waals surface area contributed by atoms with E-state index in [2.05, 4.69) is 35.1 Å². The molecule has 0 unspecified atom stereocenters. The van der Waals surface area contributed by atoms with Crippen molar-refractivity contribution in [3.8, 4) is 0 Å². The Hall–Kier alpha value is -2.02. The lowest BCUT2D eigenvalue weighted by Gasteiger charge is -2.34. The van der Waals surface area contributed by atoms with Crippen molar-refractivity contribution in [3.63, 3.8) is 0 Å². The number of carbonyl (C=O) groups is 1. The summed E-state index contributed by atoms with van der Waals surface area (Å²) in [5, 5.41) is 3.72. The number of aryl methyl sites for hydroxylation is 1. The summed E-state index contributed by atoms with van der Waals surface area (Å²) in [5.74, 6) is 2.67. The molecule has 0 spiro atoms. The molecular formula is C21H28N4O2S. The number of anilines is 1. The molecule has 0 bridgehead atoms. The standard InChI is InChI=1S/C21H28N4O2S/c1-3-15-12-19(25-11-5-4-6-14(25)2)24-21(23-15)28-13-17-9-10-18(27-17)20(26)22-16-7-8-16/h9-10,12,14,16H,3-8,11,13H2,1-2H3,(H,22,26)/t14-/m0/s1. The minimum Gasteiger partial charge on any atom is -0.455 e. The van der Waals surface area contributed by atoms with Gasteiger partial charge < -0.3 is 14.6 Å². The molecule has 2 aliphatic rings. The van der Waals surface area contributed by atoms with Gasteiger partial charge in [-0.3, -0.25) is 4.79 Å². The van der Waals surface area contributed by atoms with Crippen LogP contribution in [0.3, 0.4) is 0 Å². The highest BCUT2D eigenvalue weighted by Gasteiger charge is 2.25. The summed E-state index contributed by atoms with van der Waals surface area (Å²) in [4.78, 5) is 24.0. The number of piperidine rings is 1. The molecule has 0 aromatic carbocycles. The summed E-state index contributed by atoms with van der Waals surface area (Å²) < 4.78 is 5.72. The Labute approximate surface area is 170 Å². The highest BCUT2D eigenvalue weighted by Crippen LogP contribution is 2.28. The first-order valence-corrected chi connectivity index (χ1v) is 11.3. The van der Waals surface area contributed by atoms with E-state index in [1.54, 1.807) is 17.8 Å². The van der Waals surface area contributed by atoms with Crippen LogP contribution in [-0.2, 0) is 12.2 Å². The predicted molar refractivity (Wildman–Crippen MR) is 111 cm³/mol. The first-order chi connectivity index (χ1) is 13.6. The van der Waals surface area contributed by atoms with E-state index in [1.807, 2.05) is 6.07 Å². The van der Waals surface area contributed by atoms with E-state index >= 15 is 0 Å². The maximum Gasteiger partial charge on any atom is 0.287 e. The zero-order chi connectivity index (χ0) is 19.5. The summed E-state index contributed by atoms with van der Waals surface area (Å²) in [5.41, 5.74) is 1.06. The van der Waals surface area contributed by atoms with Gasteiger partial charge in [-0.2, -0.15) is 0 Å². The molecule has 28 heavy (non-hydrogen) atoms. The Bertz CT molecular complexity index is 834. The molecule has 1 atom stereocenters. The number of amides is 1. The number of furan rings is 1. The Morgan fingerprint density at radius 3 is 2.89 bits per heavy atom. The Kier molecular flexibility index (Phi) is 5.90. The fourth-order valence-electron chi connectivity index (χ4n) is 3.49. The summed E-state index contributed by atoms with van der Waals surface area (Å²) in [6, 6.07) is 6.59. The van der Waals surface area contributed by atoms with Gasteiger partial charge in [-0.1, -0.05) is 18.7 Å². The second-order valence-electron chi connectivity index (χ2n) is 7.69. The molecule has 2 fully saturated rings. The van der Waals surface area contributed by atoms with Gasteiger partial charge in [0.1, 0.15) is 11.6 Å². The average molecular weight is 401 g/mol. The maximum absolute atomic E-state index is 12.1. The summed E-state index contributed by atoms with van der Waals surface area (Å²) in [7, 11) is 0. The Balaban J connectivity index is 1.43. The molecule has 1 aliphatic heterocycles. The second-order valence-corrected chi connectivity index (χ2v) is 8.64. The van der Waals surface area contributed by atoms with Crippen molar-refractivity contribution in [2.24, 2.45) is 0 Å². The van der Waals surface area contributed by atoms with Crippen molar-refractivity contribution < 1.29 is 9.21 Å². The van der Waals surface area contributed by atoms with Crippen LogP contribution < -0.4 is 10.2 Å². The lowest BCUT2D eigenvalue weighted by molar-refractivity contribution is 0.0922. The van der Waals surface area contributed by atoms with Crippen LogP contribution >= 0.6 is 11.8 Å². The number of thioether (sulfide) groups is 1. The number of nitrogens with zero attached hydrogens (tertiary/aromatic N) is 3.